The number of nitrogens with zero attached hydrogens (tertiary/aromatic N) is 3. The van der Waals surface area contributed by atoms with Crippen LogP contribution in [-0.4, -0.2) is 46.4 Å². The van der Waals surface area contributed by atoms with Gasteiger partial charge in [0.15, 0.2) is 0 Å². The fourth-order valence-corrected chi connectivity index (χ4v) is 3.60. The Bertz CT molecular complexity index is 857. The van der Waals surface area contributed by atoms with E-state index in [2.05, 4.69) is 21.0 Å². The third-order valence-electron chi connectivity index (χ3n) is 4.94. The van der Waals surface area contributed by atoms with Gasteiger partial charge in [-0.2, -0.15) is 5.10 Å². The number of carbonyl (C=O) groups is 1. The predicted molar refractivity (Wildman–Crippen MR) is 104 cm³/mol. The first-order valence-corrected chi connectivity index (χ1v) is 9.96. The summed E-state index contributed by atoms with van der Waals surface area (Å²) in [5.74, 6) is 0.0281. The van der Waals surface area contributed by atoms with Crippen molar-refractivity contribution in [1.29, 1.82) is 0 Å². The lowest BCUT2D eigenvalue weighted by Gasteiger charge is -2.23. The minimum Gasteiger partial charge on any atom is -0.381 e. The van der Waals surface area contributed by atoms with Gasteiger partial charge in [-0.05, 0) is 59.0 Å². The molecule has 1 amide bonds. The van der Waals surface area contributed by atoms with Crippen LogP contribution in [0.4, 0.5) is 4.39 Å². The summed E-state index contributed by atoms with van der Waals surface area (Å²) in [7, 11) is 0. The number of carbonyl (C=O) groups excluding carboxylic acids is 1. The largest absolute Gasteiger partial charge is 0.381 e. The molecule has 142 valence electrons. The first-order valence-electron chi connectivity index (χ1n) is 9.16. The summed E-state index contributed by atoms with van der Waals surface area (Å²) in [6, 6.07) is 5.21. The Morgan fingerprint density at radius 2 is 2.26 bits per heavy atom. The SMILES string of the molecule is O=C(/C=C/c1ccc(-n2cc(Br)cn2)c(F)c1)N(CC1CCOC1)C1CC1. The smallest absolute Gasteiger partial charge is 0.246 e. The lowest BCUT2D eigenvalue weighted by Crippen LogP contribution is -2.36. The van der Waals surface area contributed by atoms with Gasteiger partial charge in [0.25, 0.3) is 0 Å². The van der Waals surface area contributed by atoms with Crippen molar-refractivity contribution >= 4 is 27.9 Å². The second-order valence-corrected chi connectivity index (χ2v) is 8.01. The van der Waals surface area contributed by atoms with E-state index in [1.165, 1.54) is 10.7 Å². The van der Waals surface area contributed by atoms with E-state index in [4.69, 9.17) is 4.74 Å². The second-order valence-electron chi connectivity index (χ2n) is 7.10. The van der Waals surface area contributed by atoms with Crippen LogP contribution in [0.25, 0.3) is 11.8 Å². The Hall–Kier alpha value is -1.99. The zero-order valence-corrected chi connectivity index (χ0v) is 16.4. The van der Waals surface area contributed by atoms with Gasteiger partial charge in [-0.3, -0.25) is 4.79 Å². The van der Waals surface area contributed by atoms with Crippen molar-refractivity contribution < 1.29 is 13.9 Å². The van der Waals surface area contributed by atoms with E-state index in [-0.39, 0.29) is 11.7 Å². The zero-order valence-electron chi connectivity index (χ0n) is 14.9. The molecule has 0 N–H and O–H groups in total. The van der Waals surface area contributed by atoms with Gasteiger partial charge in [-0.1, -0.05) is 6.07 Å². The number of amides is 1. The molecule has 7 heteroatoms. The van der Waals surface area contributed by atoms with Crippen molar-refractivity contribution in [3.05, 3.63) is 52.5 Å². The molecule has 4 rings (SSSR count). The molecule has 5 nitrogen and oxygen atoms in total. The van der Waals surface area contributed by atoms with Crippen LogP contribution in [0.15, 0.2) is 41.1 Å². The number of ether oxygens (including phenoxy) is 1. The highest BCUT2D eigenvalue weighted by atomic mass is 79.9. The highest BCUT2D eigenvalue weighted by molar-refractivity contribution is 9.10. The van der Waals surface area contributed by atoms with Crippen LogP contribution in [0.3, 0.4) is 0 Å². The molecular weight excluding hydrogens is 413 g/mol. The summed E-state index contributed by atoms with van der Waals surface area (Å²) < 4.78 is 22.1. The Balaban J connectivity index is 1.44. The van der Waals surface area contributed by atoms with Gasteiger partial charge in [-0.15, -0.1) is 0 Å². The first-order chi connectivity index (χ1) is 13.1. The van der Waals surface area contributed by atoms with Gasteiger partial charge in [0.2, 0.25) is 5.91 Å². The summed E-state index contributed by atoms with van der Waals surface area (Å²) in [6.07, 6.45) is 9.66. The molecule has 1 aromatic carbocycles. The van der Waals surface area contributed by atoms with E-state index < -0.39 is 0 Å². The maximum Gasteiger partial charge on any atom is 0.246 e. The summed E-state index contributed by atoms with van der Waals surface area (Å²) in [5.41, 5.74) is 1.01. The third kappa shape index (κ3) is 4.47. The quantitative estimate of drug-likeness (QED) is 0.650. The molecule has 0 radical (unpaired) electrons. The molecule has 1 unspecified atom stereocenters. The molecular formula is C20H21BrFN3O2. The number of rotatable bonds is 6. The van der Waals surface area contributed by atoms with E-state index in [0.29, 0.717) is 23.2 Å². The standard InChI is InChI=1S/C20H21BrFN3O2/c21-16-10-23-25(12-16)19-5-1-14(9-18(19)22)2-6-20(26)24(17-3-4-17)11-15-7-8-27-13-15/h1-2,5-6,9-10,12,15,17H,3-4,7-8,11,13H2/b6-2+. The van der Waals surface area contributed by atoms with Gasteiger partial charge in [0, 0.05) is 37.4 Å². The van der Waals surface area contributed by atoms with Crippen LogP contribution < -0.4 is 0 Å². The molecule has 2 heterocycles. The molecule has 0 spiro atoms. The lowest BCUT2D eigenvalue weighted by atomic mass is 10.1. The predicted octanol–water partition coefficient (Wildman–Crippen LogP) is 3.81. The van der Waals surface area contributed by atoms with Crippen molar-refractivity contribution in [3.8, 4) is 5.69 Å². The van der Waals surface area contributed by atoms with Gasteiger partial charge in [0.05, 0.1) is 17.3 Å². The number of hydrogen-bond acceptors (Lipinski definition) is 3. The second kappa shape index (κ2) is 7.94. The highest BCUT2D eigenvalue weighted by Gasteiger charge is 2.33. The van der Waals surface area contributed by atoms with Gasteiger partial charge in [0.1, 0.15) is 11.5 Å². The normalized spacial score (nSPS) is 19.7. The maximum absolute atomic E-state index is 14.4. The van der Waals surface area contributed by atoms with Crippen molar-refractivity contribution in [2.45, 2.75) is 25.3 Å². The topological polar surface area (TPSA) is 47.4 Å². The van der Waals surface area contributed by atoms with Crippen LogP contribution in [0.5, 0.6) is 0 Å². The number of benzene rings is 1. The Morgan fingerprint density at radius 1 is 1.41 bits per heavy atom. The van der Waals surface area contributed by atoms with Crippen molar-refractivity contribution in [2.24, 2.45) is 5.92 Å². The van der Waals surface area contributed by atoms with Crippen LogP contribution in [0.2, 0.25) is 0 Å². The van der Waals surface area contributed by atoms with E-state index in [9.17, 15) is 9.18 Å². The van der Waals surface area contributed by atoms with Gasteiger partial charge < -0.3 is 9.64 Å². The van der Waals surface area contributed by atoms with Crippen LogP contribution in [-0.2, 0) is 9.53 Å². The van der Waals surface area contributed by atoms with Crippen LogP contribution >= 0.6 is 15.9 Å². The Labute approximate surface area is 165 Å². The molecule has 0 bridgehead atoms. The molecule has 2 fully saturated rings. The highest BCUT2D eigenvalue weighted by Crippen LogP contribution is 2.29. The van der Waals surface area contributed by atoms with Gasteiger partial charge >= 0.3 is 0 Å². The van der Waals surface area contributed by atoms with E-state index in [1.807, 2.05) is 4.90 Å². The fourth-order valence-electron chi connectivity index (χ4n) is 3.32. The molecule has 27 heavy (non-hydrogen) atoms. The molecule has 1 aromatic heterocycles. The summed E-state index contributed by atoms with van der Waals surface area (Å²) in [6.45, 7) is 2.26. The Morgan fingerprint density at radius 3 is 2.89 bits per heavy atom. The lowest BCUT2D eigenvalue weighted by molar-refractivity contribution is -0.127. The van der Waals surface area contributed by atoms with Gasteiger partial charge in [-0.25, -0.2) is 9.07 Å². The van der Waals surface area contributed by atoms with E-state index in [0.717, 1.165) is 43.5 Å². The molecule has 1 aliphatic carbocycles. The van der Waals surface area contributed by atoms with Crippen LogP contribution in [0.1, 0.15) is 24.8 Å². The van der Waals surface area contributed by atoms with Crippen LogP contribution in [0, 0.1) is 11.7 Å². The fraction of sp³-hybridized carbons (Fsp3) is 0.400. The molecule has 1 saturated heterocycles. The summed E-state index contributed by atoms with van der Waals surface area (Å²) in [5, 5.41) is 4.09. The minimum absolute atomic E-state index is 0.00936. The summed E-state index contributed by atoms with van der Waals surface area (Å²) in [4.78, 5) is 14.6. The number of hydrogen-bond donors (Lipinski definition) is 0. The van der Waals surface area contributed by atoms with Crippen molar-refractivity contribution in [2.75, 3.05) is 19.8 Å². The molecule has 2 aromatic rings. The molecule has 1 atom stereocenters. The minimum atomic E-state index is -0.387. The summed E-state index contributed by atoms with van der Waals surface area (Å²) >= 11 is 3.30. The third-order valence-corrected chi connectivity index (χ3v) is 5.35. The average molecular weight is 434 g/mol. The average Bonchev–Trinajstić information content (AvgIpc) is 3.18. The molecule has 1 aliphatic heterocycles. The Kier molecular flexibility index (Phi) is 5.41. The van der Waals surface area contributed by atoms with E-state index >= 15 is 0 Å². The number of halogens is 2. The zero-order chi connectivity index (χ0) is 18.8. The monoisotopic (exact) mass is 433 g/mol. The number of aromatic nitrogens is 2. The molecule has 2 aliphatic rings. The van der Waals surface area contributed by atoms with Crippen molar-refractivity contribution in [3.63, 3.8) is 0 Å². The molecule has 1 saturated carbocycles. The first kappa shape index (κ1) is 18.4. The van der Waals surface area contributed by atoms with Crippen molar-refractivity contribution in [1.82, 2.24) is 14.7 Å². The maximum atomic E-state index is 14.4. The van der Waals surface area contributed by atoms with E-state index in [1.54, 1.807) is 36.7 Å².